The largest absolute Gasteiger partial charge is 0.389 e. The summed E-state index contributed by atoms with van der Waals surface area (Å²) in [6, 6.07) is 14.4. The molecule has 0 amide bonds. The number of aryl methyl sites for hydroxylation is 1. The molecule has 0 saturated carbocycles. The Balaban J connectivity index is 2.06. The topological polar surface area (TPSA) is 38.0 Å². The molecule has 2 nitrogen and oxygen atoms in total. The molecule has 2 rings (SSSR count). The summed E-state index contributed by atoms with van der Waals surface area (Å²) in [7, 11) is 0. The first-order valence-corrected chi connectivity index (χ1v) is 7.15. The van der Waals surface area contributed by atoms with Crippen LogP contribution in [0.25, 0.3) is 0 Å². The zero-order valence-corrected chi connectivity index (χ0v) is 13.0. The number of hydrogen-bond acceptors (Lipinski definition) is 2. The molecule has 0 aliphatic rings. The molecule has 2 aromatic carbocycles. The van der Waals surface area contributed by atoms with Crippen molar-refractivity contribution in [3.8, 4) is 0 Å². The third-order valence-electron chi connectivity index (χ3n) is 2.85. The molecule has 2 aromatic rings. The fourth-order valence-corrected chi connectivity index (χ4v) is 2.64. The van der Waals surface area contributed by atoms with Gasteiger partial charge in [0.1, 0.15) is 4.99 Å². The van der Waals surface area contributed by atoms with E-state index in [1.165, 1.54) is 11.1 Å². The van der Waals surface area contributed by atoms with Gasteiger partial charge in [0.25, 0.3) is 0 Å². The molecule has 0 aliphatic carbocycles. The van der Waals surface area contributed by atoms with Crippen LogP contribution in [0.15, 0.2) is 46.9 Å². The van der Waals surface area contributed by atoms with Crippen molar-refractivity contribution in [2.45, 2.75) is 13.5 Å². The SMILES string of the molecule is Cc1ccc(CNc2ccc(C(N)=S)c(Br)c2)cc1. The average Bonchev–Trinajstić information content (AvgIpc) is 2.37. The molecule has 4 heteroatoms. The highest BCUT2D eigenvalue weighted by atomic mass is 79.9. The van der Waals surface area contributed by atoms with Gasteiger partial charge in [-0.1, -0.05) is 42.0 Å². The lowest BCUT2D eigenvalue weighted by Gasteiger charge is -2.09. The van der Waals surface area contributed by atoms with Crippen molar-refractivity contribution < 1.29 is 0 Å². The highest BCUT2D eigenvalue weighted by molar-refractivity contribution is 9.10. The maximum atomic E-state index is 5.62. The van der Waals surface area contributed by atoms with Gasteiger partial charge in [-0.25, -0.2) is 0 Å². The third kappa shape index (κ3) is 3.78. The number of thiocarbonyl (C=S) groups is 1. The van der Waals surface area contributed by atoms with Crippen LogP contribution in [0.2, 0.25) is 0 Å². The van der Waals surface area contributed by atoms with Crippen LogP contribution in [0.3, 0.4) is 0 Å². The van der Waals surface area contributed by atoms with E-state index in [0.717, 1.165) is 22.3 Å². The van der Waals surface area contributed by atoms with E-state index in [-0.39, 0.29) is 0 Å². The van der Waals surface area contributed by atoms with Gasteiger partial charge in [0, 0.05) is 22.3 Å². The maximum Gasteiger partial charge on any atom is 0.105 e. The molecule has 0 fully saturated rings. The maximum absolute atomic E-state index is 5.62. The van der Waals surface area contributed by atoms with Crippen molar-refractivity contribution in [3.05, 3.63) is 63.6 Å². The molecule has 0 spiro atoms. The first-order valence-electron chi connectivity index (χ1n) is 5.95. The molecule has 0 heterocycles. The Morgan fingerprint density at radius 2 is 1.89 bits per heavy atom. The number of rotatable bonds is 4. The van der Waals surface area contributed by atoms with E-state index < -0.39 is 0 Å². The summed E-state index contributed by atoms with van der Waals surface area (Å²) in [5.74, 6) is 0. The third-order valence-corrected chi connectivity index (χ3v) is 3.73. The van der Waals surface area contributed by atoms with Gasteiger partial charge < -0.3 is 11.1 Å². The van der Waals surface area contributed by atoms with E-state index in [9.17, 15) is 0 Å². The van der Waals surface area contributed by atoms with Gasteiger partial charge in [-0.15, -0.1) is 0 Å². The van der Waals surface area contributed by atoms with Crippen LogP contribution < -0.4 is 11.1 Å². The van der Waals surface area contributed by atoms with Crippen molar-refractivity contribution in [1.29, 1.82) is 0 Å². The predicted octanol–water partition coefficient (Wildman–Crippen LogP) is 4.00. The number of anilines is 1. The van der Waals surface area contributed by atoms with Crippen LogP contribution >= 0.6 is 28.1 Å². The molecule has 0 aliphatic heterocycles. The Hall–Kier alpha value is -1.39. The summed E-state index contributed by atoms with van der Waals surface area (Å²) in [5.41, 5.74) is 10.0. The van der Waals surface area contributed by atoms with Gasteiger partial charge in [0.05, 0.1) is 0 Å². The summed E-state index contributed by atoms with van der Waals surface area (Å²) in [5, 5.41) is 3.37. The van der Waals surface area contributed by atoms with Crippen LogP contribution in [0.1, 0.15) is 16.7 Å². The second kappa shape index (κ2) is 6.17. The summed E-state index contributed by atoms with van der Waals surface area (Å²) in [6.45, 7) is 2.88. The number of halogens is 1. The number of benzene rings is 2. The van der Waals surface area contributed by atoms with E-state index in [2.05, 4.69) is 52.4 Å². The van der Waals surface area contributed by atoms with Crippen LogP contribution in [0.4, 0.5) is 5.69 Å². The molecule has 98 valence electrons. The second-order valence-corrected chi connectivity index (χ2v) is 5.69. The molecule has 0 bridgehead atoms. The monoisotopic (exact) mass is 334 g/mol. The fourth-order valence-electron chi connectivity index (χ4n) is 1.73. The van der Waals surface area contributed by atoms with Gasteiger partial charge >= 0.3 is 0 Å². The Labute approximate surface area is 127 Å². The summed E-state index contributed by atoms with van der Waals surface area (Å²) < 4.78 is 0.911. The normalized spacial score (nSPS) is 10.2. The van der Waals surface area contributed by atoms with Crippen LogP contribution in [0.5, 0.6) is 0 Å². The lowest BCUT2D eigenvalue weighted by Crippen LogP contribution is -2.10. The molecular formula is C15H15BrN2S. The van der Waals surface area contributed by atoms with Gasteiger partial charge in [-0.3, -0.25) is 0 Å². The molecular weight excluding hydrogens is 320 g/mol. The lowest BCUT2D eigenvalue weighted by atomic mass is 10.1. The molecule has 0 radical (unpaired) electrons. The minimum absolute atomic E-state index is 0.400. The zero-order valence-electron chi connectivity index (χ0n) is 10.6. The minimum atomic E-state index is 0.400. The molecule has 0 atom stereocenters. The van der Waals surface area contributed by atoms with Crippen molar-refractivity contribution in [2.75, 3.05) is 5.32 Å². The van der Waals surface area contributed by atoms with Crippen molar-refractivity contribution in [1.82, 2.24) is 0 Å². The smallest absolute Gasteiger partial charge is 0.105 e. The van der Waals surface area contributed by atoms with Crippen molar-refractivity contribution in [2.24, 2.45) is 5.73 Å². The minimum Gasteiger partial charge on any atom is -0.389 e. The van der Waals surface area contributed by atoms with E-state index >= 15 is 0 Å². The van der Waals surface area contributed by atoms with Gasteiger partial charge in [0.15, 0.2) is 0 Å². The van der Waals surface area contributed by atoms with E-state index in [4.69, 9.17) is 18.0 Å². The predicted molar refractivity (Wildman–Crippen MR) is 88.5 cm³/mol. The van der Waals surface area contributed by atoms with Crippen LogP contribution in [0, 0.1) is 6.92 Å². The second-order valence-electron chi connectivity index (χ2n) is 4.40. The van der Waals surface area contributed by atoms with E-state index in [1.807, 2.05) is 18.2 Å². The number of hydrogen-bond donors (Lipinski definition) is 2. The number of nitrogens with one attached hydrogen (secondary N) is 1. The zero-order chi connectivity index (χ0) is 13.8. The summed E-state index contributed by atoms with van der Waals surface area (Å²) >= 11 is 8.45. The quantitative estimate of drug-likeness (QED) is 0.830. The summed E-state index contributed by atoms with van der Waals surface area (Å²) in [4.78, 5) is 0.400. The Kier molecular flexibility index (Phi) is 4.56. The standard InChI is InChI=1S/C15H15BrN2S/c1-10-2-4-11(5-3-10)9-18-12-6-7-13(15(17)19)14(16)8-12/h2-8,18H,9H2,1H3,(H2,17,19). The van der Waals surface area contributed by atoms with E-state index in [1.54, 1.807) is 0 Å². The Bertz CT molecular complexity index is 594. The molecule has 0 aromatic heterocycles. The van der Waals surface area contributed by atoms with Crippen LogP contribution in [-0.4, -0.2) is 4.99 Å². The fraction of sp³-hybridized carbons (Fsp3) is 0.133. The molecule has 0 unspecified atom stereocenters. The number of nitrogens with two attached hydrogens (primary N) is 1. The molecule has 19 heavy (non-hydrogen) atoms. The lowest BCUT2D eigenvalue weighted by molar-refractivity contribution is 1.14. The van der Waals surface area contributed by atoms with Crippen molar-refractivity contribution in [3.63, 3.8) is 0 Å². The summed E-state index contributed by atoms with van der Waals surface area (Å²) in [6.07, 6.45) is 0. The van der Waals surface area contributed by atoms with Gasteiger partial charge in [-0.2, -0.15) is 0 Å². The highest BCUT2D eigenvalue weighted by Gasteiger charge is 2.03. The van der Waals surface area contributed by atoms with E-state index in [0.29, 0.717) is 4.99 Å². The molecule has 0 saturated heterocycles. The van der Waals surface area contributed by atoms with Gasteiger partial charge in [0.2, 0.25) is 0 Å². The first-order chi connectivity index (χ1) is 9.06. The van der Waals surface area contributed by atoms with Crippen molar-refractivity contribution >= 4 is 38.8 Å². The molecule has 3 N–H and O–H groups in total. The average molecular weight is 335 g/mol. The van der Waals surface area contributed by atoms with Crippen LogP contribution in [-0.2, 0) is 6.54 Å². The Morgan fingerprint density at radius 3 is 2.47 bits per heavy atom. The Morgan fingerprint density at radius 1 is 1.21 bits per heavy atom. The van der Waals surface area contributed by atoms with Gasteiger partial charge in [-0.05, 0) is 46.6 Å². The first kappa shape index (κ1) is 14.0. The highest BCUT2D eigenvalue weighted by Crippen LogP contribution is 2.22.